The molecule has 0 aliphatic carbocycles. The molecule has 1 fully saturated rings. The summed E-state index contributed by atoms with van der Waals surface area (Å²) in [6.45, 7) is 4.33. The highest BCUT2D eigenvalue weighted by Crippen LogP contribution is 2.15. The molecule has 3 rings (SSSR count). The quantitative estimate of drug-likeness (QED) is 0.452. The van der Waals surface area contributed by atoms with Gasteiger partial charge in [-0.05, 0) is 18.2 Å². The number of hydrogen-bond acceptors (Lipinski definition) is 7. The highest BCUT2D eigenvalue weighted by Gasteiger charge is 2.17. The van der Waals surface area contributed by atoms with E-state index in [1.807, 2.05) is 18.2 Å². The van der Waals surface area contributed by atoms with Crippen molar-refractivity contribution in [2.75, 3.05) is 37.6 Å². The number of rotatable bonds is 7. The number of nitrogens with one attached hydrogen (secondary N) is 1. The third-order valence-electron chi connectivity index (χ3n) is 4.32. The lowest BCUT2D eigenvalue weighted by Gasteiger charge is -2.36. The van der Waals surface area contributed by atoms with Crippen molar-refractivity contribution < 1.29 is 14.1 Å². The number of piperazine rings is 1. The minimum absolute atomic E-state index is 0.207. The summed E-state index contributed by atoms with van der Waals surface area (Å²) < 4.78 is 4.92. The van der Waals surface area contributed by atoms with E-state index >= 15 is 0 Å². The van der Waals surface area contributed by atoms with Gasteiger partial charge in [0.05, 0.1) is 12.3 Å². The van der Waals surface area contributed by atoms with Crippen LogP contribution in [0.2, 0.25) is 0 Å². The van der Waals surface area contributed by atoms with Gasteiger partial charge in [-0.3, -0.25) is 19.8 Å². The molecule has 1 aliphatic heterocycles. The van der Waals surface area contributed by atoms with Crippen LogP contribution in [0.4, 0.5) is 11.6 Å². The van der Waals surface area contributed by atoms with Crippen molar-refractivity contribution in [2.45, 2.75) is 6.42 Å². The van der Waals surface area contributed by atoms with Crippen LogP contribution in [0.5, 0.6) is 0 Å². The molecular formula is C18H21N5O4. The molecule has 142 valence electrons. The molecule has 1 amide bonds. The van der Waals surface area contributed by atoms with Gasteiger partial charge >= 0.3 is 5.88 Å². The highest BCUT2D eigenvalue weighted by atomic mass is 16.6. The predicted molar refractivity (Wildman–Crippen MR) is 101 cm³/mol. The lowest BCUT2D eigenvalue weighted by atomic mass is 10.2. The SMILES string of the molecule is O=C(CCN1CCN(c2ccccc2)CC1)NN=Cc1ccc([N+](=O)[O-])o1. The number of hydrogen-bond donors (Lipinski definition) is 1. The van der Waals surface area contributed by atoms with Crippen LogP contribution in [-0.4, -0.2) is 54.7 Å². The van der Waals surface area contributed by atoms with Gasteiger partial charge in [0.15, 0.2) is 5.76 Å². The van der Waals surface area contributed by atoms with Crippen molar-refractivity contribution in [3.05, 3.63) is 58.3 Å². The molecule has 27 heavy (non-hydrogen) atoms. The number of nitro groups is 1. The average Bonchev–Trinajstić information content (AvgIpc) is 3.17. The Morgan fingerprint density at radius 2 is 1.93 bits per heavy atom. The molecule has 0 radical (unpaired) electrons. The third-order valence-corrected chi connectivity index (χ3v) is 4.32. The smallest absolute Gasteiger partial charge is 0.400 e. The number of furan rings is 1. The molecule has 1 N–H and O–H groups in total. The standard InChI is InChI=1S/C18H21N5O4/c24-17(20-19-14-16-6-7-18(27-16)23(25)26)8-9-21-10-12-22(13-11-21)15-4-2-1-3-5-15/h1-7,14H,8-13H2,(H,20,24). The number of amides is 1. The summed E-state index contributed by atoms with van der Waals surface area (Å²) in [5.41, 5.74) is 3.63. The fourth-order valence-corrected chi connectivity index (χ4v) is 2.86. The average molecular weight is 371 g/mol. The van der Waals surface area contributed by atoms with Gasteiger partial charge in [-0.25, -0.2) is 5.43 Å². The Balaban J connectivity index is 1.36. The first-order chi connectivity index (χ1) is 13.1. The van der Waals surface area contributed by atoms with E-state index in [1.165, 1.54) is 24.0 Å². The lowest BCUT2D eigenvalue weighted by molar-refractivity contribution is -0.402. The zero-order valence-corrected chi connectivity index (χ0v) is 14.8. The maximum absolute atomic E-state index is 11.9. The van der Waals surface area contributed by atoms with Crippen molar-refractivity contribution in [3.63, 3.8) is 0 Å². The first-order valence-corrected chi connectivity index (χ1v) is 8.70. The van der Waals surface area contributed by atoms with Crippen LogP contribution in [0.25, 0.3) is 0 Å². The summed E-state index contributed by atoms with van der Waals surface area (Å²) >= 11 is 0. The molecule has 1 aromatic carbocycles. The molecule has 1 aromatic heterocycles. The molecule has 2 aromatic rings. The van der Waals surface area contributed by atoms with Crippen molar-refractivity contribution >= 4 is 23.7 Å². The summed E-state index contributed by atoms with van der Waals surface area (Å²) in [4.78, 5) is 26.4. The van der Waals surface area contributed by atoms with Gasteiger partial charge in [0.2, 0.25) is 5.91 Å². The van der Waals surface area contributed by atoms with Crippen LogP contribution in [0.3, 0.4) is 0 Å². The molecule has 9 nitrogen and oxygen atoms in total. The van der Waals surface area contributed by atoms with Gasteiger partial charge in [-0.15, -0.1) is 0 Å². The Bertz CT molecular complexity index is 797. The topological polar surface area (TPSA) is 104 Å². The van der Waals surface area contributed by atoms with Crippen LogP contribution in [0.1, 0.15) is 12.2 Å². The molecule has 0 saturated carbocycles. The lowest BCUT2D eigenvalue weighted by Crippen LogP contribution is -2.47. The maximum Gasteiger partial charge on any atom is 0.433 e. The van der Waals surface area contributed by atoms with Crippen molar-refractivity contribution in [1.29, 1.82) is 0 Å². The normalized spacial score (nSPS) is 15.2. The summed E-state index contributed by atoms with van der Waals surface area (Å²) in [5, 5.41) is 14.3. The first kappa shape index (κ1) is 18.6. The summed E-state index contributed by atoms with van der Waals surface area (Å²) in [7, 11) is 0. The van der Waals surface area contributed by atoms with E-state index in [-0.39, 0.29) is 17.6 Å². The molecule has 1 saturated heterocycles. The number of nitrogens with zero attached hydrogens (tertiary/aromatic N) is 4. The van der Waals surface area contributed by atoms with E-state index in [9.17, 15) is 14.9 Å². The number of para-hydroxylation sites is 1. The molecule has 0 atom stereocenters. The zero-order chi connectivity index (χ0) is 19.1. The largest absolute Gasteiger partial charge is 0.433 e. The molecular weight excluding hydrogens is 350 g/mol. The maximum atomic E-state index is 11.9. The van der Waals surface area contributed by atoms with Gasteiger partial charge in [0.1, 0.15) is 4.92 Å². The van der Waals surface area contributed by atoms with Crippen molar-refractivity contribution in [2.24, 2.45) is 5.10 Å². The van der Waals surface area contributed by atoms with E-state index in [1.54, 1.807) is 0 Å². The Labute approximate surface area is 156 Å². The number of carbonyl (C=O) groups is 1. The minimum atomic E-state index is -0.631. The second-order valence-electron chi connectivity index (χ2n) is 6.14. The Hall–Kier alpha value is -3.20. The second kappa shape index (κ2) is 8.95. The van der Waals surface area contributed by atoms with Crippen LogP contribution >= 0.6 is 0 Å². The van der Waals surface area contributed by atoms with Gasteiger partial charge in [-0.2, -0.15) is 5.10 Å². The molecule has 0 unspecified atom stereocenters. The molecule has 9 heteroatoms. The molecule has 0 bridgehead atoms. The van der Waals surface area contributed by atoms with Crippen molar-refractivity contribution in [3.8, 4) is 0 Å². The first-order valence-electron chi connectivity index (χ1n) is 8.70. The van der Waals surface area contributed by atoms with Crippen LogP contribution in [0.15, 0.2) is 52.0 Å². The summed E-state index contributed by atoms with van der Waals surface area (Å²) in [6, 6.07) is 12.9. The van der Waals surface area contributed by atoms with E-state index in [0.717, 1.165) is 26.2 Å². The van der Waals surface area contributed by atoms with Gasteiger partial charge in [0.25, 0.3) is 0 Å². The van der Waals surface area contributed by atoms with Crippen molar-refractivity contribution in [1.82, 2.24) is 10.3 Å². The monoisotopic (exact) mass is 371 g/mol. The van der Waals surface area contributed by atoms with E-state index < -0.39 is 4.92 Å². The van der Waals surface area contributed by atoms with Crippen LogP contribution in [0, 0.1) is 10.1 Å². The zero-order valence-electron chi connectivity index (χ0n) is 14.8. The summed E-state index contributed by atoms with van der Waals surface area (Å²) in [6.07, 6.45) is 1.57. The number of carbonyl (C=O) groups excluding carboxylic acids is 1. The Kier molecular flexibility index (Phi) is 6.16. The fraction of sp³-hybridized carbons (Fsp3) is 0.333. The van der Waals surface area contributed by atoms with Crippen LogP contribution < -0.4 is 10.3 Å². The fourth-order valence-electron chi connectivity index (χ4n) is 2.86. The van der Waals surface area contributed by atoms with E-state index in [2.05, 4.69) is 32.5 Å². The van der Waals surface area contributed by atoms with Gasteiger partial charge in [-0.1, -0.05) is 18.2 Å². The molecule has 0 spiro atoms. The van der Waals surface area contributed by atoms with E-state index in [4.69, 9.17) is 4.42 Å². The number of anilines is 1. The third kappa shape index (κ3) is 5.38. The summed E-state index contributed by atoms with van der Waals surface area (Å²) in [5.74, 6) is -0.366. The highest BCUT2D eigenvalue weighted by molar-refractivity contribution is 5.80. The van der Waals surface area contributed by atoms with Crippen LogP contribution in [-0.2, 0) is 4.79 Å². The second-order valence-corrected chi connectivity index (χ2v) is 6.14. The van der Waals surface area contributed by atoms with Gasteiger partial charge in [0, 0.05) is 44.8 Å². The molecule has 2 heterocycles. The number of hydrazone groups is 1. The van der Waals surface area contributed by atoms with Gasteiger partial charge < -0.3 is 9.32 Å². The Morgan fingerprint density at radius 1 is 1.19 bits per heavy atom. The Morgan fingerprint density at radius 3 is 2.59 bits per heavy atom. The predicted octanol–water partition coefficient (Wildman–Crippen LogP) is 1.85. The molecule has 1 aliphatic rings. The van der Waals surface area contributed by atoms with E-state index in [0.29, 0.717) is 13.0 Å². The number of benzene rings is 1. The minimum Gasteiger partial charge on any atom is -0.400 e.